The third-order valence-corrected chi connectivity index (χ3v) is 7.46. The van der Waals surface area contributed by atoms with E-state index in [0.717, 1.165) is 11.8 Å². The van der Waals surface area contributed by atoms with Crippen molar-refractivity contribution in [1.29, 1.82) is 0 Å². The largest absolute Gasteiger partial charge is 3.00 e. The van der Waals surface area contributed by atoms with Crippen molar-refractivity contribution in [3.63, 3.8) is 0 Å². The zero-order chi connectivity index (χ0) is 32.6. The van der Waals surface area contributed by atoms with Gasteiger partial charge in [0, 0.05) is 33.3 Å². The smallest absolute Gasteiger partial charge is 0.855 e. The topological polar surface area (TPSA) is 48.1 Å². The number of benzene rings is 2. The Kier molecular flexibility index (Phi) is 9.46. The van der Waals surface area contributed by atoms with Crippen molar-refractivity contribution in [2.45, 2.75) is 51.8 Å². The van der Waals surface area contributed by atoms with Crippen LogP contribution in [0.5, 0.6) is 0 Å². The molecular formula is C35H34IrN3S. The molecule has 6 rings (SSSR count). The van der Waals surface area contributed by atoms with Gasteiger partial charge in [-0.2, -0.15) is 29.8 Å². The maximum absolute atomic E-state index is 9.53. The summed E-state index contributed by atoms with van der Waals surface area (Å²) < 4.78 is 45.4. The van der Waals surface area contributed by atoms with E-state index >= 15 is 0 Å². The van der Waals surface area contributed by atoms with Crippen LogP contribution >= 0.6 is 11.3 Å². The number of nitrogens with zero attached hydrogens (tertiary/aromatic N) is 3. The number of fused-ring (bicyclic) bond motifs is 3. The Morgan fingerprint density at radius 1 is 1.12 bits per heavy atom. The third-order valence-electron chi connectivity index (χ3n) is 6.27. The molecule has 1 saturated carbocycles. The van der Waals surface area contributed by atoms with Gasteiger partial charge < -0.3 is 5.41 Å². The Morgan fingerprint density at radius 2 is 1.98 bits per heavy atom. The van der Waals surface area contributed by atoms with E-state index in [1.54, 1.807) is 24.3 Å². The van der Waals surface area contributed by atoms with Gasteiger partial charge in [0.1, 0.15) is 0 Å². The molecule has 2 aromatic carbocycles. The summed E-state index contributed by atoms with van der Waals surface area (Å²) >= 11 is 1.89. The van der Waals surface area contributed by atoms with E-state index in [4.69, 9.17) is 13.2 Å². The maximum Gasteiger partial charge on any atom is 3.00 e. The van der Waals surface area contributed by atoms with Crippen LogP contribution in [0.3, 0.4) is 0 Å². The summed E-state index contributed by atoms with van der Waals surface area (Å²) in [5, 5.41) is 12.3. The van der Waals surface area contributed by atoms with Crippen LogP contribution in [0.1, 0.15) is 70.0 Å². The van der Waals surface area contributed by atoms with Crippen LogP contribution < -0.4 is 0 Å². The zero-order valence-electron chi connectivity index (χ0n) is 28.3. The Balaban J connectivity index is 0.000000192. The van der Waals surface area contributed by atoms with Gasteiger partial charge in [-0.3, -0.25) is 9.97 Å². The van der Waals surface area contributed by atoms with Gasteiger partial charge in [-0.25, -0.2) is 17.0 Å². The monoisotopic (exact) mass is 727 g/mol. The minimum Gasteiger partial charge on any atom is -0.855 e. The maximum atomic E-state index is 9.53. The number of rotatable bonds is 4. The van der Waals surface area contributed by atoms with Crippen LogP contribution in [-0.4, -0.2) is 15.7 Å². The fourth-order valence-electron chi connectivity index (χ4n) is 4.41. The Labute approximate surface area is 264 Å². The molecule has 3 heterocycles. The number of pyridine rings is 2. The summed E-state index contributed by atoms with van der Waals surface area (Å²) in [6.45, 7) is 3.03. The second kappa shape index (κ2) is 16.1. The average Bonchev–Trinajstić information content (AvgIpc) is 3.42. The number of allylic oxidation sites excluding steroid dienone is 3. The van der Waals surface area contributed by atoms with Crippen molar-refractivity contribution in [3.8, 4) is 0 Å². The normalized spacial score (nSPS) is 15.5. The first kappa shape index (κ1) is 23.5. The van der Waals surface area contributed by atoms with Gasteiger partial charge in [0.25, 0.3) is 0 Å². The van der Waals surface area contributed by atoms with Crippen molar-refractivity contribution in [2.24, 2.45) is 0 Å². The van der Waals surface area contributed by atoms with Crippen LogP contribution in [0.15, 0.2) is 103 Å². The van der Waals surface area contributed by atoms with Gasteiger partial charge in [0.05, 0.1) is 9.81 Å². The minimum absolute atomic E-state index is 0. The van der Waals surface area contributed by atoms with Crippen molar-refractivity contribution in [2.75, 3.05) is 0 Å². The summed E-state index contributed by atoms with van der Waals surface area (Å²) in [7, 11) is 0. The summed E-state index contributed by atoms with van der Waals surface area (Å²) in [6.07, 6.45) is 12.7. The fourth-order valence-corrected chi connectivity index (χ4v) is 5.65. The fraction of sp³-hybridized carbons (Fsp3) is 0.229. The first-order chi connectivity index (χ1) is 21.5. The first-order valence-electron chi connectivity index (χ1n) is 15.9. The molecule has 3 aromatic heterocycles. The molecule has 0 atom stereocenters. The summed E-state index contributed by atoms with van der Waals surface area (Å²) in [4.78, 5) is 8.13. The van der Waals surface area contributed by atoms with E-state index in [2.05, 4.69) is 41.9 Å². The second-order valence-electron chi connectivity index (χ2n) is 9.29. The van der Waals surface area contributed by atoms with Crippen LogP contribution in [0.25, 0.3) is 25.6 Å². The van der Waals surface area contributed by atoms with Gasteiger partial charge in [0.2, 0.25) is 0 Å². The molecule has 0 amide bonds. The van der Waals surface area contributed by atoms with E-state index in [-0.39, 0.29) is 31.9 Å². The average molecular weight is 727 g/mol. The molecule has 1 fully saturated rings. The molecule has 0 saturated heterocycles. The SMILES string of the molecule is C=C(C)/C=C\C(=[N-])c1[c-]cccc1.[2H]c1cnc([2H])c(C([2H])([2H])[2H])c1[2H].[Ir+3].[c-]1ccc2c(c1)sc1c(C3CCCCC3)nccc12. The molecular weight excluding hydrogens is 687 g/mol. The molecule has 5 heteroatoms. The Morgan fingerprint density at radius 3 is 2.70 bits per heavy atom. The molecule has 0 unspecified atom stereocenters. The molecule has 1 aliphatic carbocycles. The Bertz CT molecular complexity index is 1810. The predicted molar refractivity (Wildman–Crippen MR) is 167 cm³/mol. The number of hydrogen-bond donors (Lipinski definition) is 0. The van der Waals surface area contributed by atoms with Crippen LogP contribution in [-0.2, 0) is 20.1 Å². The molecule has 40 heavy (non-hydrogen) atoms. The quantitative estimate of drug-likeness (QED) is 0.105. The molecule has 0 radical (unpaired) electrons. The molecule has 0 N–H and O–H groups in total. The van der Waals surface area contributed by atoms with Crippen molar-refractivity contribution in [1.82, 2.24) is 9.97 Å². The van der Waals surface area contributed by atoms with E-state index < -0.39 is 24.6 Å². The van der Waals surface area contributed by atoms with Crippen LogP contribution in [0.2, 0.25) is 0 Å². The second-order valence-corrected chi connectivity index (χ2v) is 10.3. The number of hydrogen-bond acceptors (Lipinski definition) is 3. The van der Waals surface area contributed by atoms with Crippen molar-refractivity contribution < 1.29 is 28.3 Å². The standard InChI is InChI=1S/C17H16NS.C12H11N.C6H7N.Ir/c1-2-6-12(7-3-1)16-17-14(10-11-18-16)13-8-4-5-9-15(13)19-17;1-10(2)8-9-12(13)11-6-4-3-5-7-11;1-6-3-2-4-7-5-6;/h4,8-12H,1-3,6-7H2;3-6,8-9H,1H2,2H3;2-5H,1H3;/q-1;-2;;+3/b;9-8-;;/i;;1D3,2D,3D,5D;. The minimum atomic E-state index is -2.54. The van der Waals surface area contributed by atoms with Crippen molar-refractivity contribution >= 4 is 37.2 Å². The number of thiophene rings is 1. The van der Waals surface area contributed by atoms with Crippen LogP contribution in [0.4, 0.5) is 0 Å². The molecule has 3 nitrogen and oxygen atoms in total. The first-order valence-corrected chi connectivity index (χ1v) is 13.8. The van der Waals surface area contributed by atoms with E-state index in [1.165, 1.54) is 58.0 Å². The van der Waals surface area contributed by atoms with Crippen LogP contribution in [0, 0.1) is 19.0 Å². The molecule has 0 bridgehead atoms. The molecule has 204 valence electrons. The third kappa shape index (κ3) is 8.89. The summed E-state index contributed by atoms with van der Waals surface area (Å²) in [5.74, 6) is 0.675. The molecule has 5 aromatic rings. The van der Waals surface area contributed by atoms with Gasteiger partial charge in [-0.15, -0.1) is 41.8 Å². The molecule has 1 aliphatic rings. The predicted octanol–water partition coefficient (Wildman–Crippen LogP) is 9.66. The molecule has 0 aliphatic heterocycles. The molecule has 0 spiro atoms. The van der Waals surface area contributed by atoms with Gasteiger partial charge in [-0.05, 0) is 49.7 Å². The van der Waals surface area contributed by atoms with Crippen molar-refractivity contribution in [3.05, 3.63) is 138 Å². The van der Waals surface area contributed by atoms with E-state index in [9.17, 15) is 5.41 Å². The zero-order valence-corrected chi connectivity index (χ0v) is 25.5. The van der Waals surface area contributed by atoms with E-state index in [1.807, 2.05) is 42.7 Å². The van der Waals surface area contributed by atoms with Gasteiger partial charge >= 0.3 is 20.1 Å². The van der Waals surface area contributed by atoms with Gasteiger partial charge in [0.15, 0.2) is 0 Å². The van der Waals surface area contributed by atoms with Gasteiger partial charge in [-0.1, -0.05) is 48.2 Å². The van der Waals surface area contributed by atoms with E-state index in [0.29, 0.717) is 11.5 Å². The summed E-state index contributed by atoms with van der Waals surface area (Å²) in [5.41, 5.74) is 2.70. The summed E-state index contributed by atoms with van der Waals surface area (Å²) in [6, 6.07) is 21.1. The Hall–Kier alpha value is -3.24. The number of aromatic nitrogens is 2.